The number of hydrogen-bond donors (Lipinski definition) is 0. The van der Waals surface area contributed by atoms with Gasteiger partial charge in [-0.3, -0.25) is 0 Å². The molecule has 1 aliphatic heterocycles. The first kappa shape index (κ1) is 19.4. The minimum atomic E-state index is -3.57. The quantitative estimate of drug-likeness (QED) is 0.641. The molecule has 1 saturated heterocycles. The number of rotatable bonds is 3. The van der Waals surface area contributed by atoms with Gasteiger partial charge in [0, 0.05) is 40.8 Å². The van der Waals surface area contributed by atoms with E-state index in [0.717, 1.165) is 23.1 Å². The number of nitrogens with zero attached hydrogens (tertiary/aromatic N) is 3. The fraction of sp³-hybridized carbons (Fsp3) is 0.278. The molecule has 0 bridgehead atoms. The summed E-state index contributed by atoms with van der Waals surface area (Å²) in [5, 5.41) is 8.91. The summed E-state index contributed by atoms with van der Waals surface area (Å²) in [7, 11) is -3.57. The van der Waals surface area contributed by atoms with Crippen molar-refractivity contribution >= 4 is 47.6 Å². The number of halogens is 2. The van der Waals surface area contributed by atoms with Gasteiger partial charge in [0.25, 0.3) is 0 Å². The van der Waals surface area contributed by atoms with Crippen LogP contribution in [0.3, 0.4) is 0 Å². The largest absolute Gasteiger partial charge is 0.370 e. The lowest BCUT2D eigenvalue weighted by Gasteiger charge is -2.24. The Morgan fingerprint density at radius 1 is 0.962 bits per heavy atom. The molecule has 1 fully saturated rings. The highest BCUT2D eigenvalue weighted by molar-refractivity contribution is 9.11. The van der Waals surface area contributed by atoms with Gasteiger partial charge in [0.05, 0.1) is 16.5 Å². The summed E-state index contributed by atoms with van der Waals surface area (Å²) in [5.41, 5.74) is 1.62. The molecule has 26 heavy (non-hydrogen) atoms. The van der Waals surface area contributed by atoms with Crippen LogP contribution in [0.2, 0.25) is 0 Å². The van der Waals surface area contributed by atoms with Gasteiger partial charge in [0.1, 0.15) is 0 Å². The van der Waals surface area contributed by atoms with E-state index in [1.54, 1.807) is 34.6 Å². The second-order valence-corrected chi connectivity index (χ2v) is 9.65. The predicted octanol–water partition coefficient (Wildman–Crippen LogP) is 3.98. The molecule has 0 radical (unpaired) electrons. The molecule has 8 heteroatoms. The first-order valence-electron chi connectivity index (χ1n) is 8.12. The zero-order chi connectivity index (χ0) is 18.7. The molecule has 2 aromatic rings. The molecule has 0 saturated carbocycles. The van der Waals surface area contributed by atoms with Crippen LogP contribution in [0.25, 0.3) is 0 Å². The van der Waals surface area contributed by atoms with Gasteiger partial charge in [0.2, 0.25) is 10.0 Å². The van der Waals surface area contributed by atoms with Gasteiger partial charge in [-0.1, -0.05) is 15.9 Å². The summed E-state index contributed by atoms with van der Waals surface area (Å²) in [4.78, 5) is 2.44. The van der Waals surface area contributed by atoms with Crippen molar-refractivity contribution in [3.63, 3.8) is 0 Å². The average Bonchev–Trinajstić information content (AvgIpc) is 2.90. The Morgan fingerprint density at radius 2 is 1.69 bits per heavy atom. The molecule has 3 rings (SSSR count). The van der Waals surface area contributed by atoms with E-state index in [1.165, 1.54) is 0 Å². The minimum Gasteiger partial charge on any atom is -0.370 e. The van der Waals surface area contributed by atoms with Gasteiger partial charge >= 0.3 is 0 Å². The molecule has 0 N–H and O–H groups in total. The van der Waals surface area contributed by atoms with E-state index < -0.39 is 10.0 Å². The van der Waals surface area contributed by atoms with Crippen LogP contribution in [0.1, 0.15) is 12.0 Å². The number of anilines is 1. The third-order valence-electron chi connectivity index (χ3n) is 4.33. The van der Waals surface area contributed by atoms with Crippen molar-refractivity contribution in [2.75, 3.05) is 31.1 Å². The highest BCUT2D eigenvalue weighted by Gasteiger charge is 2.28. The zero-order valence-electron chi connectivity index (χ0n) is 13.9. The molecule has 5 nitrogen and oxygen atoms in total. The second kappa shape index (κ2) is 8.09. The van der Waals surface area contributed by atoms with Gasteiger partial charge in [-0.05, 0) is 64.8 Å². The smallest absolute Gasteiger partial charge is 0.244 e. The third-order valence-corrected chi connectivity index (χ3v) is 7.71. The predicted molar refractivity (Wildman–Crippen MR) is 109 cm³/mol. The summed E-state index contributed by atoms with van der Waals surface area (Å²) in [6.45, 7) is 2.28. The van der Waals surface area contributed by atoms with Crippen LogP contribution in [-0.4, -0.2) is 38.9 Å². The summed E-state index contributed by atoms with van der Waals surface area (Å²) < 4.78 is 29.0. The van der Waals surface area contributed by atoms with Crippen molar-refractivity contribution < 1.29 is 8.42 Å². The summed E-state index contributed by atoms with van der Waals surface area (Å²) in [6.07, 6.45) is 0.741. The third kappa shape index (κ3) is 4.12. The molecule has 1 aliphatic rings. The maximum Gasteiger partial charge on any atom is 0.244 e. The van der Waals surface area contributed by atoms with Crippen LogP contribution in [0.15, 0.2) is 56.3 Å². The van der Waals surface area contributed by atoms with E-state index >= 15 is 0 Å². The minimum absolute atomic E-state index is 0.277. The summed E-state index contributed by atoms with van der Waals surface area (Å²) in [6, 6.07) is 14.7. The van der Waals surface area contributed by atoms with Crippen LogP contribution in [-0.2, 0) is 10.0 Å². The van der Waals surface area contributed by atoms with Crippen LogP contribution < -0.4 is 4.90 Å². The standard InChI is InChI=1S/C18H17Br2N3O2S/c19-15-4-7-17(20)18(12-15)26(24,25)23-9-1-8-22(10-11-23)16-5-2-14(13-21)3-6-16/h2-7,12H,1,8-11H2. The Morgan fingerprint density at radius 3 is 2.38 bits per heavy atom. The first-order valence-corrected chi connectivity index (χ1v) is 11.1. The Hall–Kier alpha value is -1.40. The molecule has 0 aromatic heterocycles. The molecule has 0 unspecified atom stereocenters. The Kier molecular flexibility index (Phi) is 6.03. The molecule has 0 amide bonds. The van der Waals surface area contributed by atoms with Crippen molar-refractivity contribution in [2.24, 2.45) is 0 Å². The van der Waals surface area contributed by atoms with Gasteiger partial charge in [0.15, 0.2) is 0 Å². The fourth-order valence-corrected chi connectivity index (χ4v) is 5.89. The average molecular weight is 499 g/mol. The van der Waals surface area contributed by atoms with E-state index in [1.807, 2.05) is 12.1 Å². The van der Waals surface area contributed by atoms with E-state index in [9.17, 15) is 8.42 Å². The van der Waals surface area contributed by atoms with Crippen LogP contribution >= 0.6 is 31.9 Å². The molecule has 136 valence electrons. The van der Waals surface area contributed by atoms with Gasteiger partial charge in [-0.2, -0.15) is 9.57 Å². The highest BCUT2D eigenvalue weighted by atomic mass is 79.9. The second-order valence-electron chi connectivity index (χ2n) is 5.98. The number of hydrogen-bond acceptors (Lipinski definition) is 4. The lowest BCUT2D eigenvalue weighted by molar-refractivity contribution is 0.433. The highest BCUT2D eigenvalue weighted by Crippen LogP contribution is 2.29. The Bertz CT molecular complexity index is 940. The fourth-order valence-electron chi connectivity index (χ4n) is 2.95. The number of sulfonamides is 1. The lowest BCUT2D eigenvalue weighted by Crippen LogP contribution is -2.35. The van der Waals surface area contributed by atoms with Crippen LogP contribution in [0, 0.1) is 11.3 Å². The summed E-state index contributed by atoms with van der Waals surface area (Å²) >= 11 is 6.70. The normalized spacial score (nSPS) is 16.1. The van der Waals surface area contributed by atoms with Crippen molar-refractivity contribution in [1.82, 2.24) is 4.31 Å². The molecular formula is C18H17Br2N3O2S. The first-order chi connectivity index (χ1) is 12.4. The monoisotopic (exact) mass is 497 g/mol. The molecule has 0 spiro atoms. The maximum atomic E-state index is 13.1. The molecule has 0 aliphatic carbocycles. The van der Waals surface area contributed by atoms with Gasteiger partial charge in [-0.25, -0.2) is 8.42 Å². The van der Waals surface area contributed by atoms with Crippen molar-refractivity contribution in [2.45, 2.75) is 11.3 Å². The van der Waals surface area contributed by atoms with Gasteiger partial charge in [-0.15, -0.1) is 0 Å². The van der Waals surface area contributed by atoms with Crippen LogP contribution in [0.4, 0.5) is 5.69 Å². The van der Waals surface area contributed by atoms with E-state index in [0.29, 0.717) is 29.7 Å². The SMILES string of the molecule is N#Cc1ccc(N2CCCN(S(=O)(=O)c3cc(Br)ccc3Br)CC2)cc1. The van der Waals surface area contributed by atoms with Crippen molar-refractivity contribution in [3.8, 4) is 6.07 Å². The topological polar surface area (TPSA) is 64.4 Å². The van der Waals surface area contributed by atoms with Crippen LogP contribution in [0.5, 0.6) is 0 Å². The number of benzene rings is 2. The lowest BCUT2D eigenvalue weighted by atomic mass is 10.2. The molecule has 2 aromatic carbocycles. The molecule has 0 atom stereocenters. The molecular weight excluding hydrogens is 482 g/mol. The maximum absolute atomic E-state index is 13.1. The van der Waals surface area contributed by atoms with Gasteiger partial charge < -0.3 is 4.90 Å². The zero-order valence-corrected chi connectivity index (χ0v) is 17.9. The number of nitriles is 1. The van der Waals surface area contributed by atoms with E-state index in [-0.39, 0.29) is 4.90 Å². The van der Waals surface area contributed by atoms with Crippen molar-refractivity contribution in [3.05, 3.63) is 57.0 Å². The van der Waals surface area contributed by atoms with E-state index in [2.05, 4.69) is 42.8 Å². The Balaban J connectivity index is 1.79. The Labute approximate surface area is 170 Å². The molecule has 1 heterocycles. The summed E-state index contributed by atoms with van der Waals surface area (Å²) in [5.74, 6) is 0. The van der Waals surface area contributed by atoms with E-state index in [4.69, 9.17) is 5.26 Å². The van der Waals surface area contributed by atoms with Crippen molar-refractivity contribution in [1.29, 1.82) is 5.26 Å².